The zero-order valence-electron chi connectivity index (χ0n) is 10.2. The average molecular weight is 253 g/mol. The summed E-state index contributed by atoms with van der Waals surface area (Å²) in [6, 6.07) is 5.82. The molecule has 4 heteroatoms. The smallest absolute Gasteiger partial charge is 0.227 e. The topological polar surface area (TPSA) is 32.3 Å². The normalized spacial score (nSPS) is 19.4. The predicted octanol–water partition coefficient (Wildman–Crippen LogP) is 2.40. The van der Waals surface area contributed by atoms with Crippen molar-refractivity contribution in [2.24, 2.45) is 0 Å². The number of hydrogen-bond acceptors (Lipinski definition) is 2. The van der Waals surface area contributed by atoms with E-state index in [-0.39, 0.29) is 5.91 Å². The van der Waals surface area contributed by atoms with E-state index in [1.807, 2.05) is 32.3 Å². The van der Waals surface area contributed by atoms with Crippen molar-refractivity contribution < 1.29 is 4.79 Å². The van der Waals surface area contributed by atoms with Crippen molar-refractivity contribution >= 4 is 23.2 Å². The van der Waals surface area contributed by atoms with Crippen LogP contribution in [0.15, 0.2) is 18.2 Å². The summed E-state index contributed by atoms with van der Waals surface area (Å²) in [6.07, 6.45) is 1.57. The maximum Gasteiger partial charge on any atom is 0.227 e. The number of anilines is 1. The third-order valence-electron chi connectivity index (χ3n) is 3.33. The molecular formula is C13H17ClN2O. The fourth-order valence-corrected chi connectivity index (χ4v) is 2.49. The van der Waals surface area contributed by atoms with Gasteiger partial charge in [-0.05, 0) is 43.6 Å². The van der Waals surface area contributed by atoms with E-state index in [4.69, 9.17) is 11.6 Å². The van der Waals surface area contributed by atoms with Gasteiger partial charge in [0.15, 0.2) is 0 Å². The Morgan fingerprint density at radius 3 is 3.00 bits per heavy atom. The second-order valence-electron chi connectivity index (χ2n) is 4.45. The maximum atomic E-state index is 11.9. The van der Waals surface area contributed by atoms with Crippen LogP contribution in [0.1, 0.15) is 24.3 Å². The molecule has 0 aliphatic carbocycles. The van der Waals surface area contributed by atoms with Crippen molar-refractivity contribution in [1.82, 2.24) is 5.32 Å². The first-order chi connectivity index (χ1) is 8.13. The third-order valence-corrected chi connectivity index (χ3v) is 3.57. The first-order valence-electron chi connectivity index (χ1n) is 5.84. The van der Waals surface area contributed by atoms with Gasteiger partial charge in [0, 0.05) is 24.2 Å². The molecule has 0 saturated heterocycles. The molecule has 1 aliphatic heterocycles. The summed E-state index contributed by atoms with van der Waals surface area (Å²) in [6.45, 7) is 0.920. The number of benzene rings is 1. The highest BCUT2D eigenvalue weighted by molar-refractivity contribution is 6.31. The number of carbonyl (C=O) groups excluding carboxylic acids is 1. The second kappa shape index (κ2) is 5.07. The predicted molar refractivity (Wildman–Crippen MR) is 70.8 cm³/mol. The second-order valence-corrected chi connectivity index (χ2v) is 4.89. The van der Waals surface area contributed by atoms with Crippen LogP contribution < -0.4 is 10.2 Å². The van der Waals surface area contributed by atoms with Crippen LogP contribution in [0.2, 0.25) is 5.02 Å². The number of amides is 1. The molecule has 1 aliphatic rings. The SMILES string of the molecule is CNCCC1CC(=O)N(C)c2cc(Cl)ccc21. The number of hydrogen-bond donors (Lipinski definition) is 1. The summed E-state index contributed by atoms with van der Waals surface area (Å²) in [4.78, 5) is 13.6. The molecule has 0 saturated carbocycles. The van der Waals surface area contributed by atoms with E-state index >= 15 is 0 Å². The van der Waals surface area contributed by atoms with Gasteiger partial charge in [0.1, 0.15) is 0 Å². The number of halogens is 1. The van der Waals surface area contributed by atoms with Crippen LogP contribution in [-0.2, 0) is 4.79 Å². The molecule has 0 bridgehead atoms. The lowest BCUT2D eigenvalue weighted by molar-refractivity contribution is -0.119. The fourth-order valence-electron chi connectivity index (χ4n) is 2.32. The Morgan fingerprint density at radius 1 is 1.53 bits per heavy atom. The van der Waals surface area contributed by atoms with Crippen molar-refractivity contribution in [1.29, 1.82) is 0 Å². The molecule has 92 valence electrons. The van der Waals surface area contributed by atoms with Gasteiger partial charge in [-0.1, -0.05) is 17.7 Å². The number of fused-ring (bicyclic) bond motifs is 1. The summed E-state index contributed by atoms with van der Waals surface area (Å²) in [5.74, 6) is 0.472. The molecule has 1 aromatic carbocycles. The third kappa shape index (κ3) is 2.45. The Kier molecular flexibility index (Phi) is 3.69. The van der Waals surface area contributed by atoms with Crippen molar-refractivity contribution in [2.45, 2.75) is 18.8 Å². The largest absolute Gasteiger partial charge is 0.320 e. The molecule has 0 radical (unpaired) electrons. The molecule has 1 unspecified atom stereocenters. The fraction of sp³-hybridized carbons (Fsp3) is 0.462. The molecule has 3 nitrogen and oxygen atoms in total. The Morgan fingerprint density at radius 2 is 2.29 bits per heavy atom. The van der Waals surface area contributed by atoms with Crippen LogP contribution in [0.3, 0.4) is 0 Å². The number of carbonyl (C=O) groups is 1. The van der Waals surface area contributed by atoms with Gasteiger partial charge in [-0.3, -0.25) is 4.79 Å². The maximum absolute atomic E-state index is 11.9. The monoisotopic (exact) mass is 252 g/mol. The lowest BCUT2D eigenvalue weighted by Crippen LogP contribution is -2.33. The summed E-state index contributed by atoms with van der Waals surface area (Å²) >= 11 is 5.99. The zero-order valence-corrected chi connectivity index (χ0v) is 10.9. The molecule has 0 fully saturated rings. The van der Waals surface area contributed by atoms with Gasteiger partial charge in [0.25, 0.3) is 0 Å². The van der Waals surface area contributed by atoms with Crippen LogP contribution in [0.25, 0.3) is 0 Å². The van der Waals surface area contributed by atoms with E-state index in [2.05, 4.69) is 5.32 Å². The highest BCUT2D eigenvalue weighted by Crippen LogP contribution is 2.38. The van der Waals surface area contributed by atoms with Gasteiger partial charge in [0.2, 0.25) is 5.91 Å². The van der Waals surface area contributed by atoms with Crippen molar-refractivity contribution in [3.05, 3.63) is 28.8 Å². The molecule has 1 atom stereocenters. The molecule has 0 aromatic heterocycles. The number of rotatable bonds is 3. The summed E-state index contributed by atoms with van der Waals surface area (Å²) < 4.78 is 0. The lowest BCUT2D eigenvalue weighted by Gasteiger charge is -2.31. The molecule has 1 heterocycles. The van der Waals surface area contributed by atoms with E-state index < -0.39 is 0 Å². The standard InChI is InChI=1S/C13H17ClN2O/c1-15-6-5-9-7-13(17)16(2)12-8-10(14)3-4-11(9)12/h3-4,8-9,15H,5-7H2,1-2H3. The van der Waals surface area contributed by atoms with E-state index in [0.29, 0.717) is 17.4 Å². The molecule has 1 aromatic rings. The first kappa shape index (κ1) is 12.4. The van der Waals surface area contributed by atoms with E-state index in [1.54, 1.807) is 4.90 Å². The molecular weight excluding hydrogens is 236 g/mol. The quantitative estimate of drug-likeness (QED) is 0.896. The summed E-state index contributed by atoms with van der Waals surface area (Å²) in [5, 5.41) is 3.81. The van der Waals surface area contributed by atoms with Crippen molar-refractivity contribution in [3.8, 4) is 0 Å². The van der Waals surface area contributed by atoms with Crippen LogP contribution in [0.4, 0.5) is 5.69 Å². The van der Waals surface area contributed by atoms with Gasteiger partial charge in [0.05, 0.1) is 0 Å². The minimum atomic E-state index is 0.167. The molecule has 1 amide bonds. The van der Waals surface area contributed by atoms with Crippen LogP contribution in [-0.4, -0.2) is 26.5 Å². The molecule has 17 heavy (non-hydrogen) atoms. The molecule has 2 rings (SSSR count). The Bertz CT molecular complexity index is 433. The Balaban J connectivity index is 2.35. The highest BCUT2D eigenvalue weighted by Gasteiger charge is 2.28. The Labute approximate surface area is 107 Å². The first-order valence-corrected chi connectivity index (χ1v) is 6.22. The Hall–Kier alpha value is -1.06. The molecule has 1 N–H and O–H groups in total. The van der Waals surface area contributed by atoms with E-state index in [0.717, 1.165) is 18.7 Å². The van der Waals surface area contributed by atoms with Crippen LogP contribution >= 0.6 is 11.6 Å². The summed E-state index contributed by atoms with van der Waals surface area (Å²) in [7, 11) is 3.74. The zero-order chi connectivity index (χ0) is 12.4. The average Bonchev–Trinajstić information content (AvgIpc) is 2.32. The van der Waals surface area contributed by atoms with Crippen molar-refractivity contribution in [2.75, 3.05) is 25.5 Å². The number of nitrogens with one attached hydrogen (secondary N) is 1. The van der Waals surface area contributed by atoms with Gasteiger partial charge >= 0.3 is 0 Å². The molecule has 0 spiro atoms. The van der Waals surface area contributed by atoms with Gasteiger partial charge in [-0.15, -0.1) is 0 Å². The minimum absolute atomic E-state index is 0.167. The minimum Gasteiger partial charge on any atom is -0.320 e. The van der Waals surface area contributed by atoms with Crippen LogP contribution in [0, 0.1) is 0 Å². The number of nitrogens with zero attached hydrogens (tertiary/aromatic N) is 1. The van der Waals surface area contributed by atoms with Gasteiger partial charge < -0.3 is 10.2 Å². The lowest BCUT2D eigenvalue weighted by atomic mass is 9.87. The van der Waals surface area contributed by atoms with Gasteiger partial charge in [-0.2, -0.15) is 0 Å². The highest BCUT2D eigenvalue weighted by atomic mass is 35.5. The van der Waals surface area contributed by atoms with E-state index in [1.165, 1.54) is 5.56 Å². The van der Waals surface area contributed by atoms with Crippen LogP contribution in [0.5, 0.6) is 0 Å². The van der Waals surface area contributed by atoms with Gasteiger partial charge in [-0.25, -0.2) is 0 Å². The summed E-state index contributed by atoms with van der Waals surface area (Å²) in [5.41, 5.74) is 2.18. The van der Waals surface area contributed by atoms with Crippen molar-refractivity contribution in [3.63, 3.8) is 0 Å². The van der Waals surface area contributed by atoms with E-state index in [9.17, 15) is 4.79 Å².